The van der Waals surface area contributed by atoms with Gasteiger partial charge in [-0.15, -0.1) is 0 Å². The van der Waals surface area contributed by atoms with Crippen molar-refractivity contribution in [2.24, 2.45) is 0 Å². The standard InChI is InChI=1S/C13H21N3O2/c1-9-10(2)16-7-6-15(8-11(16)14-9)12(17)18-13(3,4)5/h6-8H2,1-5H3. The van der Waals surface area contributed by atoms with Crippen LogP contribution in [0.2, 0.25) is 0 Å². The average molecular weight is 251 g/mol. The smallest absolute Gasteiger partial charge is 0.410 e. The largest absolute Gasteiger partial charge is 0.444 e. The Balaban J connectivity index is 2.10. The Bertz CT molecular complexity index is 471. The van der Waals surface area contributed by atoms with Crippen LogP contribution in [0, 0.1) is 13.8 Å². The maximum atomic E-state index is 12.0. The highest BCUT2D eigenvalue weighted by Gasteiger charge is 2.27. The molecular weight excluding hydrogens is 230 g/mol. The molecule has 2 heterocycles. The highest BCUT2D eigenvalue weighted by Crippen LogP contribution is 2.19. The minimum atomic E-state index is -0.449. The number of aromatic nitrogens is 2. The summed E-state index contributed by atoms with van der Waals surface area (Å²) in [5.41, 5.74) is 1.78. The number of ether oxygens (including phenoxy) is 1. The lowest BCUT2D eigenvalue weighted by Crippen LogP contribution is -2.41. The summed E-state index contributed by atoms with van der Waals surface area (Å²) >= 11 is 0. The van der Waals surface area contributed by atoms with Gasteiger partial charge >= 0.3 is 6.09 Å². The van der Waals surface area contributed by atoms with E-state index in [0.29, 0.717) is 13.1 Å². The van der Waals surface area contributed by atoms with E-state index in [-0.39, 0.29) is 6.09 Å². The van der Waals surface area contributed by atoms with Gasteiger partial charge in [-0.25, -0.2) is 9.78 Å². The summed E-state index contributed by atoms with van der Waals surface area (Å²) in [6, 6.07) is 0. The van der Waals surface area contributed by atoms with E-state index in [0.717, 1.165) is 18.1 Å². The SMILES string of the molecule is Cc1nc2n(c1C)CCN(C(=O)OC(C)(C)C)C2. The molecular formula is C13H21N3O2. The van der Waals surface area contributed by atoms with Gasteiger partial charge in [0.05, 0.1) is 12.2 Å². The van der Waals surface area contributed by atoms with Gasteiger partial charge in [0.2, 0.25) is 0 Å². The molecule has 0 N–H and O–H groups in total. The quantitative estimate of drug-likeness (QED) is 0.710. The molecule has 1 amide bonds. The number of imidazole rings is 1. The van der Waals surface area contributed by atoms with Crippen LogP contribution in [0.4, 0.5) is 4.79 Å². The van der Waals surface area contributed by atoms with Crippen LogP contribution in [0.3, 0.4) is 0 Å². The molecule has 0 saturated heterocycles. The molecule has 0 fully saturated rings. The molecule has 0 saturated carbocycles. The lowest BCUT2D eigenvalue weighted by Gasteiger charge is -2.30. The van der Waals surface area contributed by atoms with E-state index in [1.165, 1.54) is 5.69 Å². The fraction of sp³-hybridized carbons (Fsp3) is 0.692. The average Bonchev–Trinajstić information content (AvgIpc) is 2.52. The van der Waals surface area contributed by atoms with E-state index in [1.54, 1.807) is 4.90 Å². The first-order valence-corrected chi connectivity index (χ1v) is 6.28. The van der Waals surface area contributed by atoms with E-state index in [9.17, 15) is 4.79 Å². The zero-order chi connectivity index (χ0) is 13.5. The second-order valence-corrected chi connectivity index (χ2v) is 5.75. The second-order valence-electron chi connectivity index (χ2n) is 5.75. The minimum Gasteiger partial charge on any atom is -0.444 e. The van der Waals surface area contributed by atoms with Gasteiger partial charge in [0.15, 0.2) is 0 Å². The highest BCUT2D eigenvalue weighted by atomic mass is 16.6. The van der Waals surface area contributed by atoms with Crippen molar-refractivity contribution in [3.8, 4) is 0 Å². The minimum absolute atomic E-state index is 0.257. The fourth-order valence-electron chi connectivity index (χ4n) is 2.09. The third-order valence-corrected chi connectivity index (χ3v) is 3.11. The van der Waals surface area contributed by atoms with Crippen LogP contribution in [0.15, 0.2) is 0 Å². The maximum absolute atomic E-state index is 12.0. The van der Waals surface area contributed by atoms with Gasteiger partial charge in [0, 0.05) is 18.8 Å². The first kappa shape index (κ1) is 12.9. The van der Waals surface area contributed by atoms with Crippen molar-refractivity contribution < 1.29 is 9.53 Å². The summed E-state index contributed by atoms with van der Waals surface area (Å²) in [7, 11) is 0. The van der Waals surface area contributed by atoms with Crippen LogP contribution in [-0.2, 0) is 17.8 Å². The molecule has 0 unspecified atom stereocenters. The molecule has 18 heavy (non-hydrogen) atoms. The van der Waals surface area contributed by atoms with Crippen LogP contribution in [-0.4, -0.2) is 32.7 Å². The Morgan fingerprint density at radius 1 is 1.28 bits per heavy atom. The number of nitrogens with zero attached hydrogens (tertiary/aromatic N) is 3. The molecule has 1 aromatic heterocycles. The third-order valence-electron chi connectivity index (χ3n) is 3.11. The molecule has 1 aromatic rings. The topological polar surface area (TPSA) is 47.4 Å². The number of fused-ring (bicyclic) bond motifs is 1. The van der Waals surface area contributed by atoms with Gasteiger partial charge in [-0.3, -0.25) is 4.90 Å². The van der Waals surface area contributed by atoms with Crippen LogP contribution < -0.4 is 0 Å². The maximum Gasteiger partial charge on any atom is 0.410 e. The molecule has 1 aliphatic rings. The summed E-state index contributed by atoms with van der Waals surface area (Å²) in [5.74, 6) is 0.946. The Morgan fingerprint density at radius 3 is 2.56 bits per heavy atom. The molecule has 100 valence electrons. The van der Waals surface area contributed by atoms with Crippen LogP contribution in [0.25, 0.3) is 0 Å². The molecule has 2 rings (SSSR count). The molecule has 5 heteroatoms. The fourth-order valence-corrected chi connectivity index (χ4v) is 2.09. The lowest BCUT2D eigenvalue weighted by atomic mass is 10.2. The summed E-state index contributed by atoms with van der Waals surface area (Å²) in [6.45, 7) is 11.7. The van der Waals surface area contributed by atoms with Crippen molar-refractivity contribution in [3.05, 3.63) is 17.2 Å². The van der Waals surface area contributed by atoms with Crippen molar-refractivity contribution >= 4 is 6.09 Å². The van der Waals surface area contributed by atoms with Gasteiger partial charge < -0.3 is 9.30 Å². The van der Waals surface area contributed by atoms with Crippen molar-refractivity contribution in [2.45, 2.75) is 53.3 Å². The van der Waals surface area contributed by atoms with E-state index in [1.807, 2.05) is 27.7 Å². The number of amides is 1. The van der Waals surface area contributed by atoms with E-state index in [2.05, 4.69) is 16.5 Å². The third kappa shape index (κ3) is 2.49. The van der Waals surface area contributed by atoms with Gasteiger partial charge in [-0.05, 0) is 34.6 Å². The van der Waals surface area contributed by atoms with Crippen molar-refractivity contribution in [1.82, 2.24) is 14.5 Å². The monoisotopic (exact) mass is 251 g/mol. The molecule has 0 spiro atoms. The Morgan fingerprint density at radius 2 is 1.94 bits per heavy atom. The van der Waals surface area contributed by atoms with Gasteiger partial charge in [0.25, 0.3) is 0 Å². The van der Waals surface area contributed by atoms with Gasteiger partial charge in [0.1, 0.15) is 11.4 Å². The van der Waals surface area contributed by atoms with E-state index in [4.69, 9.17) is 4.74 Å². The molecule has 0 aromatic carbocycles. The predicted octanol–water partition coefficient (Wildman–Crippen LogP) is 2.25. The summed E-state index contributed by atoms with van der Waals surface area (Å²) in [4.78, 5) is 18.2. The van der Waals surface area contributed by atoms with E-state index < -0.39 is 5.60 Å². The molecule has 0 bridgehead atoms. The molecule has 0 radical (unpaired) electrons. The van der Waals surface area contributed by atoms with Crippen LogP contribution in [0.1, 0.15) is 38.0 Å². The number of aryl methyl sites for hydroxylation is 1. The number of rotatable bonds is 0. The summed E-state index contributed by atoms with van der Waals surface area (Å²) in [6.07, 6.45) is -0.257. The number of hydrogen-bond donors (Lipinski definition) is 0. The molecule has 0 aliphatic carbocycles. The van der Waals surface area contributed by atoms with Gasteiger partial charge in [-0.1, -0.05) is 0 Å². The van der Waals surface area contributed by atoms with Crippen LogP contribution in [0.5, 0.6) is 0 Å². The predicted molar refractivity (Wildman–Crippen MR) is 68.3 cm³/mol. The summed E-state index contributed by atoms with van der Waals surface area (Å²) in [5, 5.41) is 0. The molecule has 0 atom stereocenters. The lowest BCUT2D eigenvalue weighted by molar-refractivity contribution is 0.0194. The van der Waals surface area contributed by atoms with Crippen molar-refractivity contribution in [1.29, 1.82) is 0 Å². The zero-order valence-electron chi connectivity index (χ0n) is 11.8. The van der Waals surface area contributed by atoms with Gasteiger partial charge in [-0.2, -0.15) is 0 Å². The highest BCUT2D eigenvalue weighted by molar-refractivity contribution is 5.68. The Kier molecular flexibility index (Phi) is 3.09. The first-order valence-electron chi connectivity index (χ1n) is 6.28. The van der Waals surface area contributed by atoms with Crippen molar-refractivity contribution in [3.63, 3.8) is 0 Å². The van der Waals surface area contributed by atoms with E-state index >= 15 is 0 Å². The Labute approximate surface area is 108 Å². The number of carbonyl (C=O) groups excluding carboxylic acids is 1. The summed E-state index contributed by atoms with van der Waals surface area (Å²) < 4.78 is 7.56. The number of carbonyl (C=O) groups is 1. The molecule has 5 nitrogen and oxygen atoms in total. The molecule has 1 aliphatic heterocycles. The first-order chi connectivity index (χ1) is 8.28. The zero-order valence-corrected chi connectivity index (χ0v) is 11.8. The van der Waals surface area contributed by atoms with Crippen LogP contribution >= 0.6 is 0 Å². The van der Waals surface area contributed by atoms with Crippen molar-refractivity contribution in [2.75, 3.05) is 6.54 Å². The second kappa shape index (κ2) is 4.30. The normalized spacial score (nSPS) is 15.5. The Hall–Kier alpha value is -1.52. The number of hydrogen-bond acceptors (Lipinski definition) is 3.